The molecular weight excluding hydrogens is 227 g/mol. The van der Waals surface area contributed by atoms with Crippen molar-refractivity contribution in [1.82, 2.24) is 9.55 Å². The summed E-state index contributed by atoms with van der Waals surface area (Å²) in [6.07, 6.45) is 1.66. The quantitative estimate of drug-likeness (QED) is 0.544. The molecule has 16 heavy (non-hydrogen) atoms. The molecular formula is C12H8ClFN2. The van der Waals surface area contributed by atoms with Crippen LogP contribution in [-0.2, 0) is 7.05 Å². The van der Waals surface area contributed by atoms with Gasteiger partial charge in [0.2, 0.25) is 0 Å². The summed E-state index contributed by atoms with van der Waals surface area (Å²) in [6, 6.07) is 6.73. The van der Waals surface area contributed by atoms with Gasteiger partial charge in [-0.15, -0.1) is 0 Å². The van der Waals surface area contributed by atoms with Crippen LogP contribution in [-0.4, -0.2) is 9.55 Å². The summed E-state index contributed by atoms with van der Waals surface area (Å²) in [7, 11) is 1.89. The van der Waals surface area contributed by atoms with Gasteiger partial charge in [-0.25, -0.2) is 9.37 Å². The highest BCUT2D eigenvalue weighted by Crippen LogP contribution is 2.30. The van der Waals surface area contributed by atoms with Crippen LogP contribution in [0.15, 0.2) is 30.5 Å². The average Bonchev–Trinajstić information content (AvgIpc) is 2.54. The van der Waals surface area contributed by atoms with Crippen molar-refractivity contribution in [1.29, 1.82) is 0 Å². The minimum atomic E-state index is -0.231. The van der Waals surface area contributed by atoms with Crippen molar-refractivity contribution in [2.45, 2.75) is 0 Å². The lowest BCUT2D eigenvalue weighted by Crippen LogP contribution is -1.87. The van der Waals surface area contributed by atoms with Gasteiger partial charge in [-0.2, -0.15) is 0 Å². The maximum Gasteiger partial charge on any atom is 0.133 e. The molecule has 2 nitrogen and oxygen atoms in total. The van der Waals surface area contributed by atoms with Crippen LogP contribution in [0, 0.1) is 5.82 Å². The lowest BCUT2D eigenvalue weighted by Gasteiger charge is -1.96. The molecule has 0 aliphatic rings. The molecule has 0 bridgehead atoms. The summed E-state index contributed by atoms with van der Waals surface area (Å²) in [5.74, 6) is -0.231. The van der Waals surface area contributed by atoms with E-state index in [1.54, 1.807) is 18.3 Å². The number of hydrogen-bond acceptors (Lipinski definition) is 1. The van der Waals surface area contributed by atoms with E-state index in [1.807, 2.05) is 17.7 Å². The van der Waals surface area contributed by atoms with Crippen LogP contribution in [0.3, 0.4) is 0 Å². The van der Waals surface area contributed by atoms with Crippen molar-refractivity contribution >= 4 is 33.4 Å². The van der Waals surface area contributed by atoms with E-state index in [0.717, 1.165) is 16.4 Å². The third-order valence-corrected chi connectivity index (χ3v) is 3.04. The Balaban J connectivity index is 2.66. The largest absolute Gasteiger partial charge is 0.342 e. The van der Waals surface area contributed by atoms with Crippen molar-refractivity contribution in [2.24, 2.45) is 7.05 Å². The van der Waals surface area contributed by atoms with Gasteiger partial charge in [-0.3, -0.25) is 0 Å². The van der Waals surface area contributed by atoms with Crippen molar-refractivity contribution in [3.05, 3.63) is 41.4 Å². The molecule has 1 aromatic carbocycles. The molecule has 2 aromatic heterocycles. The van der Waals surface area contributed by atoms with Crippen LogP contribution >= 0.6 is 11.6 Å². The molecule has 0 aliphatic carbocycles. The molecule has 0 saturated heterocycles. The molecule has 0 saturated carbocycles. The first-order chi connectivity index (χ1) is 7.68. The highest BCUT2D eigenvalue weighted by molar-refractivity contribution is 6.30. The molecule has 0 radical (unpaired) electrons. The van der Waals surface area contributed by atoms with Gasteiger partial charge in [-0.1, -0.05) is 17.7 Å². The standard InChI is InChI=1S/C12H8ClFN2/c1-16-9-4-2-3-8(14)12(9)7-5-11(13)15-6-10(7)16/h2-6H,1H3. The van der Waals surface area contributed by atoms with Crippen LogP contribution in [0.5, 0.6) is 0 Å². The predicted octanol–water partition coefficient (Wildman–Crippen LogP) is 3.52. The van der Waals surface area contributed by atoms with E-state index in [-0.39, 0.29) is 5.82 Å². The molecule has 0 N–H and O–H groups in total. The normalized spacial score (nSPS) is 11.4. The zero-order valence-electron chi connectivity index (χ0n) is 8.54. The van der Waals surface area contributed by atoms with Crippen LogP contribution in [0.2, 0.25) is 5.15 Å². The van der Waals surface area contributed by atoms with Crippen LogP contribution in [0.4, 0.5) is 4.39 Å². The van der Waals surface area contributed by atoms with E-state index in [2.05, 4.69) is 4.98 Å². The number of aromatic nitrogens is 2. The Bertz CT molecular complexity index is 703. The predicted molar refractivity (Wildman–Crippen MR) is 63.2 cm³/mol. The highest BCUT2D eigenvalue weighted by atomic mass is 35.5. The Hall–Kier alpha value is -1.61. The van der Waals surface area contributed by atoms with E-state index in [1.165, 1.54) is 6.07 Å². The number of hydrogen-bond donors (Lipinski definition) is 0. The lowest BCUT2D eigenvalue weighted by atomic mass is 10.2. The van der Waals surface area contributed by atoms with E-state index >= 15 is 0 Å². The van der Waals surface area contributed by atoms with E-state index in [0.29, 0.717) is 10.5 Å². The van der Waals surface area contributed by atoms with E-state index < -0.39 is 0 Å². The molecule has 2 heterocycles. The first-order valence-corrected chi connectivity index (χ1v) is 5.24. The number of aryl methyl sites for hydroxylation is 1. The number of pyridine rings is 1. The topological polar surface area (TPSA) is 17.8 Å². The molecule has 0 unspecified atom stereocenters. The fourth-order valence-electron chi connectivity index (χ4n) is 2.08. The third-order valence-electron chi connectivity index (χ3n) is 2.83. The second kappa shape index (κ2) is 3.19. The summed E-state index contributed by atoms with van der Waals surface area (Å²) in [6.45, 7) is 0. The fourth-order valence-corrected chi connectivity index (χ4v) is 2.24. The molecule has 0 aliphatic heterocycles. The summed E-state index contributed by atoms with van der Waals surface area (Å²) < 4.78 is 15.7. The molecule has 0 spiro atoms. The van der Waals surface area contributed by atoms with Crippen LogP contribution in [0.25, 0.3) is 21.8 Å². The Morgan fingerprint density at radius 3 is 2.94 bits per heavy atom. The first-order valence-electron chi connectivity index (χ1n) is 4.86. The Kier molecular flexibility index (Phi) is 1.91. The smallest absolute Gasteiger partial charge is 0.133 e. The maximum absolute atomic E-state index is 13.8. The van der Waals surface area contributed by atoms with Gasteiger partial charge in [-0.05, 0) is 18.2 Å². The molecule has 3 aromatic rings. The second-order valence-corrected chi connectivity index (χ2v) is 4.10. The number of rotatable bonds is 0. The average molecular weight is 235 g/mol. The monoisotopic (exact) mass is 234 g/mol. The zero-order valence-corrected chi connectivity index (χ0v) is 9.29. The number of benzene rings is 1. The summed E-state index contributed by atoms with van der Waals surface area (Å²) in [4.78, 5) is 4.02. The summed E-state index contributed by atoms with van der Waals surface area (Å²) in [5.41, 5.74) is 1.73. The maximum atomic E-state index is 13.8. The third kappa shape index (κ3) is 1.15. The lowest BCUT2D eigenvalue weighted by molar-refractivity contribution is 0.640. The van der Waals surface area contributed by atoms with Gasteiger partial charge in [0.1, 0.15) is 11.0 Å². The molecule has 0 fully saturated rings. The van der Waals surface area contributed by atoms with E-state index in [4.69, 9.17) is 11.6 Å². The van der Waals surface area contributed by atoms with Crippen LogP contribution < -0.4 is 0 Å². The SMILES string of the molecule is Cn1c2cnc(Cl)cc2c2c(F)cccc21. The summed E-state index contributed by atoms with van der Waals surface area (Å²) in [5, 5.41) is 1.78. The fraction of sp³-hybridized carbons (Fsp3) is 0.0833. The molecule has 0 atom stereocenters. The molecule has 4 heteroatoms. The molecule has 0 amide bonds. The molecule has 3 rings (SSSR count). The van der Waals surface area contributed by atoms with Crippen molar-refractivity contribution in [3.63, 3.8) is 0 Å². The van der Waals surface area contributed by atoms with Gasteiger partial charge in [0.25, 0.3) is 0 Å². The number of fused-ring (bicyclic) bond motifs is 3. The van der Waals surface area contributed by atoms with Gasteiger partial charge in [0.05, 0.1) is 17.2 Å². The van der Waals surface area contributed by atoms with Gasteiger partial charge in [0, 0.05) is 17.8 Å². The molecule has 80 valence electrons. The van der Waals surface area contributed by atoms with Gasteiger partial charge in [0.15, 0.2) is 0 Å². The second-order valence-electron chi connectivity index (χ2n) is 3.72. The highest BCUT2D eigenvalue weighted by Gasteiger charge is 2.12. The Labute approximate surface area is 96.3 Å². The van der Waals surface area contributed by atoms with Crippen molar-refractivity contribution in [2.75, 3.05) is 0 Å². The number of halogens is 2. The Morgan fingerprint density at radius 1 is 1.31 bits per heavy atom. The Morgan fingerprint density at radius 2 is 2.12 bits per heavy atom. The first kappa shape index (κ1) is 9.60. The van der Waals surface area contributed by atoms with Crippen molar-refractivity contribution in [3.8, 4) is 0 Å². The minimum Gasteiger partial charge on any atom is -0.342 e. The van der Waals surface area contributed by atoms with Crippen molar-refractivity contribution < 1.29 is 4.39 Å². The zero-order chi connectivity index (χ0) is 11.3. The minimum absolute atomic E-state index is 0.231. The van der Waals surface area contributed by atoms with Gasteiger partial charge < -0.3 is 4.57 Å². The van der Waals surface area contributed by atoms with Gasteiger partial charge >= 0.3 is 0 Å². The number of nitrogens with zero attached hydrogens (tertiary/aromatic N) is 2. The summed E-state index contributed by atoms with van der Waals surface area (Å²) >= 11 is 5.84. The van der Waals surface area contributed by atoms with Crippen LogP contribution in [0.1, 0.15) is 0 Å². The van der Waals surface area contributed by atoms with E-state index in [9.17, 15) is 4.39 Å².